The number of carbonyl (C=O) groups is 1. The number of methoxy groups -OCH3 is 1. The van der Waals surface area contributed by atoms with Gasteiger partial charge in [0.2, 0.25) is 0 Å². The molecule has 2 amide bonds. The third-order valence-electron chi connectivity index (χ3n) is 4.05. The number of amides is 2. The second-order valence-electron chi connectivity index (χ2n) is 5.90. The molecule has 0 unspecified atom stereocenters. The Kier molecular flexibility index (Phi) is 6.15. The topological polar surface area (TPSA) is 57.7 Å². The Morgan fingerprint density at radius 1 is 1.45 bits per heavy atom. The number of ether oxygens (including phenoxy) is 1. The maximum Gasteiger partial charge on any atom is 0.322 e. The molecule has 1 N–H and O–H groups in total. The van der Waals surface area contributed by atoms with E-state index in [4.69, 9.17) is 4.74 Å². The fourth-order valence-electron chi connectivity index (χ4n) is 2.76. The molecule has 1 aromatic rings. The Morgan fingerprint density at radius 3 is 2.82 bits per heavy atom. The third-order valence-corrected chi connectivity index (χ3v) is 4.05. The average molecular weight is 306 g/mol. The van der Waals surface area contributed by atoms with Gasteiger partial charge in [0.15, 0.2) is 0 Å². The number of piperidine rings is 1. The van der Waals surface area contributed by atoms with E-state index >= 15 is 0 Å². The lowest BCUT2D eigenvalue weighted by molar-refractivity contribution is 0.108. The van der Waals surface area contributed by atoms with Crippen molar-refractivity contribution in [2.45, 2.75) is 25.8 Å². The molecule has 1 aromatic heterocycles. The molecule has 0 bridgehead atoms. The van der Waals surface area contributed by atoms with Crippen molar-refractivity contribution in [3.05, 3.63) is 24.0 Å². The van der Waals surface area contributed by atoms with Crippen molar-refractivity contribution in [1.29, 1.82) is 0 Å². The highest BCUT2D eigenvalue weighted by atomic mass is 16.5. The van der Waals surface area contributed by atoms with Gasteiger partial charge in [-0.15, -0.1) is 0 Å². The number of hydrogen-bond acceptors (Lipinski definition) is 4. The van der Waals surface area contributed by atoms with Gasteiger partial charge < -0.3 is 19.9 Å². The molecule has 1 aliphatic heterocycles. The molecule has 1 aliphatic rings. The van der Waals surface area contributed by atoms with Crippen LogP contribution in [0.5, 0.6) is 0 Å². The molecule has 0 spiro atoms. The zero-order valence-corrected chi connectivity index (χ0v) is 13.7. The molecule has 0 saturated carbocycles. The molecular formula is C16H26N4O2. The minimum atomic E-state index is -0.0704. The van der Waals surface area contributed by atoms with E-state index in [0.717, 1.165) is 37.2 Å². The Bertz CT molecular complexity index is 487. The van der Waals surface area contributed by atoms with E-state index in [9.17, 15) is 4.79 Å². The Morgan fingerprint density at radius 2 is 2.18 bits per heavy atom. The average Bonchev–Trinajstić information content (AvgIpc) is 2.49. The highest BCUT2D eigenvalue weighted by molar-refractivity contribution is 5.89. The molecule has 0 aliphatic carbocycles. The number of urea groups is 1. The first kappa shape index (κ1) is 16.7. The zero-order chi connectivity index (χ0) is 15.9. The number of aromatic nitrogens is 1. The molecule has 1 saturated heterocycles. The number of anilines is 1. The predicted octanol–water partition coefficient (Wildman–Crippen LogP) is 1.96. The monoisotopic (exact) mass is 306 g/mol. The van der Waals surface area contributed by atoms with Gasteiger partial charge in [0.1, 0.15) is 0 Å². The lowest BCUT2D eigenvalue weighted by Gasteiger charge is -2.37. The summed E-state index contributed by atoms with van der Waals surface area (Å²) in [4.78, 5) is 20.9. The van der Waals surface area contributed by atoms with Gasteiger partial charge in [-0.3, -0.25) is 4.98 Å². The number of likely N-dealkylation sites (tertiary alicyclic amines) is 1. The van der Waals surface area contributed by atoms with Gasteiger partial charge in [-0.1, -0.05) is 0 Å². The summed E-state index contributed by atoms with van der Waals surface area (Å²) in [5, 5.41) is 2.96. The van der Waals surface area contributed by atoms with Gasteiger partial charge in [0, 0.05) is 25.9 Å². The van der Waals surface area contributed by atoms with Crippen LogP contribution in [0.25, 0.3) is 0 Å². The number of nitrogens with zero attached hydrogens (tertiary/aromatic N) is 3. The largest absolute Gasteiger partial charge is 0.383 e. The van der Waals surface area contributed by atoms with Crippen LogP contribution in [0, 0.1) is 6.92 Å². The smallest absolute Gasteiger partial charge is 0.322 e. The maximum atomic E-state index is 12.6. The van der Waals surface area contributed by atoms with Crippen molar-refractivity contribution in [2.24, 2.45) is 0 Å². The van der Waals surface area contributed by atoms with E-state index in [1.54, 1.807) is 19.5 Å². The Hall–Kier alpha value is -1.66. The van der Waals surface area contributed by atoms with Gasteiger partial charge in [-0.05, 0) is 51.5 Å². The highest BCUT2D eigenvalue weighted by Crippen LogP contribution is 2.17. The predicted molar refractivity (Wildman–Crippen MR) is 87.1 cm³/mol. The molecule has 6 heteroatoms. The summed E-state index contributed by atoms with van der Waals surface area (Å²) in [6, 6.07) is 2.12. The number of hydrogen-bond donors (Lipinski definition) is 1. The summed E-state index contributed by atoms with van der Waals surface area (Å²) < 4.78 is 5.16. The van der Waals surface area contributed by atoms with Gasteiger partial charge in [0.25, 0.3) is 0 Å². The van der Waals surface area contributed by atoms with Gasteiger partial charge in [-0.25, -0.2) is 4.79 Å². The molecule has 122 valence electrons. The van der Waals surface area contributed by atoms with E-state index in [2.05, 4.69) is 22.2 Å². The quantitative estimate of drug-likeness (QED) is 0.903. The molecule has 6 nitrogen and oxygen atoms in total. The summed E-state index contributed by atoms with van der Waals surface area (Å²) in [6.45, 7) is 5.16. The first-order valence-corrected chi connectivity index (χ1v) is 7.77. The van der Waals surface area contributed by atoms with Crippen LogP contribution < -0.4 is 5.32 Å². The van der Waals surface area contributed by atoms with E-state index in [1.165, 1.54) is 0 Å². The number of rotatable bonds is 5. The van der Waals surface area contributed by atoms with Crippen molar-refractivity contribution in [3.8, 4) is 0 Å². The van der Waals surface area contributed by atoms with Crippen LogP contribution in [-0.2, 0) is 4.74 Å². The van der Waals surface area contributed by atoms with Gasteiger partial charge >= 0.3 is 6.03 Å². The van der Waals surface area contributed by atoms with Crippen LogP contribution in [-0.4, -0.2) is 67.3 Å². The molecule has 0 atom stereocenters. The van der Waals surface area contributed by atoms with Crippen LogP contribution in [0.15, 0.2) is 18.5 Å². The van der Waals surface area contributed by atoms with Crippen LogP contribution in [0.4, 0.5) is 10.5 Å². The van der Waals surface area contributed by atoms with Crippen molar-refractivity contribution in [3.63, 3.8) is 0 Å². The molecule has 0 aromatic carbocycles. The van der Waals surface area contributed by atoms with Gasteiger partial charge in [0.05, 0.1) is 18.5 Å². The molecule has 1 fully saturated rings. The summed E-state index contributed by atoms with van der Waals surface area (Å²) in [5.74, 6) is 0. The molecule has 2 heterocycles. The zero-order valence-electron chi connectivity index (χ0n) is 13.7. The summed E-state index contributed by atoms with van der Waals surface area (Å²) in [6.07, 6.45) is 5.45. The number of pyridine rings is 1. The molecule has 2 rings (SSSR count). The van der Waals surface area contributed by atoms with Crippen LogP contribution in [0.1, 0.15) is 18.4 Å². The summed E-state index contributed by atoms with van der Waals surface area (Å²) in [5.41, 5.74) is 1.76. The van der Waals surface area contributed by atoms with Crippen molar-refractivity contribution in [1.82, 2.24) is 14.8 Å². The highest BCUT2D eigenvalue weighted by Gasteiger charge is 2.26. The maximum absolute atomic E-state index is 12.6. The second kappa shape index (κ2) is 8.10. The third kappa shape index (κ3) is 4.68. The van der Waals surface area contributed by atoms with Crippen molar-refractivity contribution < 1.29 is 9.53 Å². The molecular weight excluding hydrogens is 280 g/mol. The summed E-state index contributed by atoms with van der Waals surface area (Å²) >= 11 is 0. The summed E-state index contributed by atoms with van der Waals surface area (Å²) in [7, 11) is 3.78. The van der Waals surface area contributed by atoms with Crippen molar-refractivity contribution in [2.75, 3.05) is 45.7 Å². The first-order valence-electron chi connectivity index (χ1n) is 7.77. The Balaban J connectivity index is 2.02. The molecule has 0 radical (unpaired) electrons. The normalized spacial score (nSPS) is 16.5. The number of aryl methyl sites for hydroxylation is 1. The fraction of sp³-hybridized carbons (Fsp3) is 0.625. The standard InChI is InChI=1S/C16H26N4O2/c1-13-10-14(12-17-11-13)18-16(21)20(8-9-22-3)15-4-6-19(2)7-5-15/h10-12,15H,4-9H2,1-3H3,(H,18,21). The SMILES string of the molecule is COCCN(C(=O)Nc1cncc(C)c1)C1CCN(C)CC1. The Labute approximate surface area is 132 Å². The van der Waals surface area contributed by atoms with E-state index in [1.807, 2.05) is 17.9 Å². The minimum absolute atomic E-state index is 0.0704. The van der Waals surface area contributed by atoms with Crippen molar-refractivity contribution >= 4 is 11.7 Å². The molecule has 22 heavy (non-hydrogen) atoms. The van der Waals surface area contributed by atoms with Crippen LogP contribution in [0.2, 0.25) is 0 Å². The van der Waals surface area contributed by atoms with E-state index in [0.29, 0.717) is 13.2 Å². The first-order chi connectivity index (χ1) is 10.6. The van der Waals surface area contributed by atoms with E-state index in [-0.39, 0.29) is 12.1 Å². The minimum Gasteiger partial charge on any atom is -0.383 e. The number of carbonyl (C=O) groups excluding carboxylic acids is 1. The van der Waals surface area contributed by atoms with E-state index < -0.39 is 0 Å². The van der Waals surface area contributed by atoms with Crippen LogP contribution in [0.3, 0.4) is 0 Å². The number of nitrogens with one attached hydrogen (secondary N) is 1. The lowest BCUT2D eigenvalue weighted by atomic mass is 10.0. The second-order valence-corrected chi connectivity index (χ2v) is 5.90. The van der Waals surface area contributed by atoms with Gasteiger partial charge in [-0.2, -0.15) is 0 Å². The van der Waals surface area contributed by atoms with Crippen LogP contribution >= 0.6 is 0 Å². The lowest BCUT2D eigenvalue weighted by Crippen LogP contribution is -2.49. The fourth-order valence-corrected chi connectivity index (χ4v) is 2.76.